The van der Waals surface area contributed by atoms with Gasteiger partial charge in [0.05, 0.1) is 17.8 Å². The molecule has 0 saturated heterocycles. The van der Waals surface area contributed by atoms with Crippen LogP contribution in [0.2, 0.25) is 0 Å². The Kier molecular flexibility index (Phi) is 10.1. The molecule has 0 fully saturated rings. The van der Waals surface area contributed by atoms with Crippen molar-refractivity contribution in [2.45, 2.75) is 47.1 Å². The number of phenolic OH excluding ortho intramolecular Hbond substituents is 1. The second kappa shape index (κ2) is 12.3. The Morgan fingerprint density at radius 3 is 2.24 bits per heavy atom. The van der Waals surface area contributed by atoms with E-state index in [4.69, 9.17) is 4.42 Å². The molecule has 0 bridgehead atoms. The third-order valence-electron chi connectivity index (χ3n) is 4.91. The maximum absolute atomic E-state index is 12.2. The van der Waals surface area contributed by atoms with Crippen LogP contribution in [0.15, 0.2) is 38.3 Å². The normalized spacial score (nSPS) is 10.1. The number of amides is 1. The van der Waals surface area contributed by atoms with E-state index in [-0.39, 0.29) is 40.8 Å². The molecule has 1 aromatic heterocycles. The molecule has 8 heteroatoms. The summed E-state index contributed by atoms with van der Waals surface area (Å²) in [6, 6.07) is 6.51. The number of hydrogen-bond donors (Lipinski definition) is 3. The second-order valence-corrected chi connectivity index (χ2v) is 7.67. The Morgan fingerprint density at radius 2 is 1.71 bits per heavy atom. The van der Waals surface area contributed by atoms with Crippen LogP contribution in [0.5, 0.6) is 5.75 Å². The number of furan rings is 1. The monoisotopic (exact) mass is 467 g/mol. The number of nitrogens with one attached hydrogen (secondary N) is 2. The zero-order valence-corrected chi connectivity index (χ0v) is 20.8. The lowest BCUT2D eigenvalue weighted by molar-refractivity contribution is 0.0824. The lowest BCUT2D eigenvalue weighted by Crippen LogP contribution is -2.36. The Labute approximate surface area is 200 Å². The molecule has 0 saturated carbocycles. The van der Waals surface area contributed by atoms with Gasteiger partial charge in [0.15, 0.2) is 5.75 Å². The smallest absolute Gasteiger partial charge is 0.257 e. The van der Waals surface area contributed by atoms with Crippen molar-refractivity contribution < 1.29 is 14.3 Å². The minimum atomic E-state index is -0.695. The van der Waals surface area contributed by atoms with Crippen molar-refractivity contribution in [2.24, 2.45) is 0 Å². The predicted octanol–water partition coefficient (Wildman–Crippen LogP) is 4.35. The highest BCUT2D eigenvalue weighted by molar-refractivity contribution is 5.99. The van der Waals surface area contributed by atoms with Crippen LogP contribution in [-0.4, -0.2) is 30.0 Å². The Balaban J connectivity index is 0.00000137. The fourth-order valence-corrected chi connectivity index (χ4v) is 3.27. The highest BCUT2D eigenvalue weighted by Crippen LogP contribution is 2.32. The van der Waals surface area contributed by atoms with E-state index in [0.29, 0.717) is 11.7 Å². The van der Waals surface area contributed by atoms with E-state index in [9.17, 15) is 19.5 Å². The average molecular weight is 468 g/mol. The van der Waals surface area contributed by atoms with Crippen molar-refractivity contribution >= 4 is 23.0 Å². The van der Waals surface area contributed by atoms with Gasteiger partial charge in [0.25, 0.3) is 16.8 Å². The van der Waals surface area contributed by atoms with E-state index in [1.807, 2.05) is 26.8 Å². The van der Waals surface area contributed by atoms with Crippen molar-refractivity contribution in [1.29, 1.82) is 0 Å². The van der Waals surface area contributed by atoms with Gasteiger partial charge in [-0.25, -0.2) is 0 Å². The third kappa shape index (κ3) is 5.87. The number of anilines is 3. The van der Waals surface area contributed by atoms with Crippen LogP contribution in [0.1, 0.15) is 61.1 Å². The van der Waals surface area contributed by atoms with E-state index in [1.54, 1.807) is 20.2 Å². The van der Waals surface area contributed by atoms with Gasteiger partial charge < -0.3 is 25.1 Å². The molecule has 0 atom stereocenters. The van der Waals surface area contributed by atoms with E-state index in [1.165, 1.54) is 17.0 Å². The Bertz CT molecular complexity index is 1210. The standard InChI is InChI=1S/C22H25N3O5.C2H6.C2H2/c1-11(2)15-9-13(30-12(15)3)10-23-17-18(21(28)20(17)27)24-16-8-6-7-14(19(16)26)22(29)25(4)5;2*1-2/h6-9,11,23-24,26H,10H2,1-5H3;1-2H3;1-2H. The van der Waals surface area contributed by atoms with Crippen LogP contribution in [0.25, 0.3) is 0 Å². The number of hydrogen-bond acceptors (Lipinski definition) is 7. The minimum absolute atomic E-state index is 0.0390. The number of carbonyl (C=O) groups excluding carboxylic acids is 1. The fraction of sp³-hybridized carbons (Fsp3) is 0.346. The lowest BCUT2D eigenvalue weighted by Gasteiger charge is -2.17. The number of aromatic hydroxyl groups is 1. The quantitative estimate of drug-likeness (QED) is 0.269. The van der Waals surface area contributed by atoms with Crippen LogP contribution in [-0.2, 0) is 6.54 Å². The molecule has 3 aromatic rings. The number of terminal acetylenes is 1. The maximum Gasteiger partial charge on any atom is 0.257 e. The molecule has 3 N–H and O–H groups in total. The van der Waals surface area contributed by atoms with Gasteiger partial charge in [-0.1, -0.05) is 33.8 Å². The number of carbonyl (C=O) groups is 1. The van der Waals surface area contributed by atoms with Crippen LogP contribution in [0, 0.1) is 19.8 Å². The van der Waals surface area contributed by atoms with E-state index < -0.39 is 10.9 Å². The summed E-state index contributed by atoms with van der Waals surface area (Å²) < 4.78 is 5.71. The molecule has 0 radical (unpaired) electrons. The van der Waals surface area contributed by atoms with Crippen molar-refractivity contribution in [3.8, 4) is 18.6 Å². The maximum atomic E-state index is 12.2. The molecular formula is C26H33N3O5. The van der Waals surface area contributed by atoms with Crippen molar-refractivity contribution in [3.05, 3.63) is 67.4 Å². The summed E-state index contributed by atoms with van der Waals surface area (Å²) in [5.41, 5.74) is 0.146. The molecule has 0 unspecified atom stereocenters. The van der Waals surface area contributed by atoms with E-state index in [2.05, 4.69) is 37.3 Å². The summed E-state index contributed by atoms with van der Waals surface area (Å²) in [7, 11) is 3.14. The summed E-state index contributed by atoms with van der Waals surface area (Å²) in [5.74, 6) is 1.10. The minimum Gasteiger partial charge on any atom is -0.505 e. The first-order chi connectivity index (χ1) is 16.1. The lowest BCUT2D eigenvalue weighted by atomic mass is 10.0. The largest absolute Gasteiger partial charge is 0.505 e. The SMILES string of the molecule is C#C.CC.Cc1oc(CNc2c(Nc3cccc(C(=O)N(C)C)c3O)c(=O)c2=O)cc1C(C)C. The highest BCUT2D eigenvalue weighted by Gasteiger charge is 2.24. The van der Waals surface area contributed by atoms with Gasteiger partial charge in [-0.05, 0) is 36.6 Å². The molecule has 0 aliphatic heterocycles. The van der Waals surface area contributed by atoms with Gasteiger partial charge >= 0.3 is 0 Å². The number of aryl methyl sites for hydroxylation is 1. The molecular weight excluding hydrogens is 434 g/mol. The molecule has 1 amide bonds. The summed E-state index contributed by atoms with van der Waals surface area (Å²) >= 11 is 0. The number of phenols is 1. The topological polar surface area (TPSA) is 112 Å². The zero-order chi connectivity index (χ0) is 26.2. The molecule has 0 aliphatic rings. The predicted molar refractivity (Wildman–Crippen MR) is 137 cm³/mol. The second-order valence-electron chi connectivity index (χ2n) is 7.67. The van der Waals surface area contributed by atoms with Crippen LogP contribution in [0.3, 0.4) is 0 Å². The first-order valence-electron chi connectivity index (χ1n) is 10.9. The van der Waals surface area contributed by atoms with Crippen LogP contribution < -0.4 is 21.5 Å². The number of rotatable bonds is 7. The Hall–Kier alpha value is -3.99. The van der Waals surface area contributed by atoms with Gasteiger partial charge in [-0.3, -0.25) is 14.4 Å². The third-order valence-corrected chi connectivity index (χ3v) is 4.91. The van der Waals surface area contributed by atoms with Crippen LogP contribution in [0.4, 0.5) is 17.1 Å². The summed E-state index contributed by atoms with van der Waals surface area (Å²) in [6.07, 6.45) is 8.00. The first kappa shape index (κ1) is 28.0. The van der Waals surface area contributed by atoms with Gasteiger partial charge in [0.1, 0.15) is 22.9 Å². The van der Waals surface area contributed by atoms with E-state index >= 15 is 0 Å². The number of para-hydroxylation sites is 1. The summed E-state index contributed by atoms with van der Waals surface area (Å²) in [6.45, 7) is 10.2. The van der Waals surface area contributed by atoms with Crippen molar-refractivity contribution in [2.75, 3.05) is 24.7 Å². The molecule has 2 aromatic carbocycles. The fourth-order valence-electron chi connectivity index (χ4n) is 3.27. The molecule has 34 heavy (non-hydrogen) atoms. The molecule has 3 rings (SSSR count). The van der Waals surface area contributed by atoms with E-state index in [0.717, 1.165) is 11.3 Å². The summed E-state index contributed by atoms with van der Waals surface area (Å²) in [5, 5.41) is 16.2. The Morgan fingerprint density at radius 1 is 1.12 bits per heavy atom. The summed E-state index contributed by atoms with van der Waals surface area (Å²) in [4.78, 5) is 37.7. The number of benzene rings is 1. The van der Waals surface area contributed by atoms with Gasteiger partial charge in [-0.15, -0.1) is 12.8 Å². The zero-order valence-electron chi connectivity index (χ0n) is 20.8. The van der Waals surface area contributed by atoms with Crippen molar-refractivity contribution in [3.63, 3.8) is 0 Å². The van der Waals surface area contributed by atoms with Gasteiger partial charge in [0, 0.05) is 14.1 Å². The van der Waals surface area contributed by atoms with Gasteiger partial charge in [0.2, 0.25) is 0 Å². The molecule has 182 valence electrons. The average Bonchev–Trinajstić information content (AvgIpc) is 3.21. The first-order valence-corrected chi connectivity index (χ1v) is 10.9. The van der Waals surface area contributed by atoms with Crippen LogP contribution >= 0.6 is 0 Å². The number of nitrogens with zero attached hydrogens (tertiary/aromatic N) is 1. The van der Waals surface area contributed by atoms with Gasteiger partial charge in [-0.2, -0.15) is 0 Å². The molecule has 1 heterocycles. The van der Waals surface area contributed by atoms with Crippen molar-refractivity contribution in [1.82, 2.24) is 4.90 Å². The highest BCUT2D eigenvalue weighted by atomic mass is 16.3. The molecule has 0 spiro atoms. The molecule has 0 aliphatic carbocycles. The molecule has 8 nitrogen and oxygen atoms in total.